The average molecular weight is 1860 g/mol. The van der Waals surface area contributed by atoms with E-state index >= 15 is 0 Å². The molecule has 9 heteroatoms. The highest BCUT2D eigenvalue weighted by molar-refractivity contribution is 6.18. The van der Waals surface area contributed by atoms with Gasteiger partial charge in [0.1, 0.15) is 33.5 Å². The van der Waals surface area contributed by atoms with Crippen molar-refractivity contribution in [2.45, 2.75) is 27.2 Å². The molecular weight excluding hydrogens is 1770 g/mol. The molecule has 0 amide bonds. The molecule has 0 N–H and O–H groups in total. The summed E-state index contributed by atoms with van der Waals surface area (Å²) >= 11 is 0. The van der Waals surface area contributed by atoms with Crippen LogP contribution in [-0.2, 0) is 6.42 Å². The lowest BCUT2D eigenvalue weighted by Crippen LogP contribution is -2.11. The second-order valence-corrected chi connectivity index (χ2v) is 38.3. The van der Waals surface area contributed by atoms with Gasteiger partial charge in [-0.3, -0.25) is 0 Å². The third-order valence-electron chi connectivity index (χ3n) is 29.0. The molecule has 3 aromatic heterocycles. The Balaban J connectivity index is 0.456. The molecule has 27 rings (SSSR count). The lowest BCUT2D eigenvalue weighted by molar-refractivity contribution is 0.669. The SMILES string of the molecule is Cc1ccc(N(c2ccccc2)c2ccc3cc4c(cc3c2)oc2cc3cc(N(c5ccccc5)c5ccc(Cc6cccc(N(c7ccc8cc9c(cc8c7)oc7cc8cc(N(c%10ccccc%10)c%10ccc(-c%11cccc(N(c%12ccccc%12)c%12ccc%13cc%14c(cc%13c%12)oc%12cc%13cc(N(c%15ccccc%15)c%15ccccc%15)ccc%13cc%12%14)c%11)cc%10C)ccc8cc79)c7ccccc7C)c6)cc5)ccc3cc24)cc1. The normalized spacial score (nSPS) is 11.7. The summed E-state index contributed by atoms with van der Waals surface area (Å²) in [6, 6.07) is 183. The quantitative estimate of drug-likeness (QED) is 0.0700. The predicted octanol–water partition coefficient (Wildman–Crippen LogP) is 39.3. The zero-order valence-corrected chi connectivity index (χ0v) is 80.0. The summed E-state index contributed by atoms with van der Waals surface area (Å²) in [6.45, 7) is 6.56. The molecule has 0 atom stereocenters. The summed E-state index contributed by atoms with van der Waals surface area (Å²) in [7, 11) is 0. The second-order valence-electron chi connectivity index (χ2n) is 38.3. The molecule has 0 aliphatic heterocycles. The van der Waals surface area contributed by atoms with Gasteiger partial charge < -0.3 is 42.7 Å². The van der Waals surface area contributed by atoms with Gasteiger partial charge in [-0.1, -0.05) is 224 Å². The number of rotatable bonds is 21. The first kappa shape index (κ1) is 85.2. The van der Waals surface area contributed by atoms with E-state index in [-0.39, 0.29) is 0 Å². The second kappa shape index (κ2) is 35.4. The molecule has 0 aliphatic rings. The predicted molar refractivity (Wildman–Crippen MR) is 610 cm³/mol. The number of hydrogen-bond acceptors (Lipinski definition) is 9. The Labute approximate surface area is 839 Å². The van der Waals surface area contributed by atoms with Crippen LogP contribution < -0.4 is 29.4 Å². The van der Waals surface area contributed by atoms with Crippen LogP contribution in [0, 0.1) is 20.8 Å². The van der Waals surface area contributed by atoms with Gasteiger partial charge in [-0.15, -0.1) is 0 Å². The van der Waals surface area contributed by atoms with Gasteiger partial charge >= 0.3 is 0 Å². The molecule has 145 heavy (non-hydrogen) atoms. The molecule has 24 aromatic carbocycles. The Kier molecular flexibility index (Phi) is 20.8. The van der Waals surface area contributed by atoms with E-state index < -0.39 is 0 Å². The Bertz CT molecular complexity index is 9690. The fourth-order valence-electron chi connectivity index (χ4n) is 21.9. The van der Waals surface area contributed by atoms with Crippen LogP contribution in [0.25, 0.3) is 142 Å². The van der Waals surface area contributed by atoms with Gasteiger partial charge in [0.2, 0.25) is 0 Å². The van der Waals surface area contributed by atoms with E-state index in [9.17, 15) is 0 Å². The number of para-hydroxylation sites is 7. The van der Waals surface area contributed by atoms with Crippen molar-refractivity contribution in [2.24, 2.45) is 0 Å². The van der Waals surface area contributed by atoms with Crippen LogP contribution in [0.4, 0.5) is 102 Å². The van der Waals surface area contributed by atoms with E-state index in [1.807, 2.05) is 0 Å². The zero-order chi connectivity index (χ0) is 96.3. The molecule has 0 saturated carbocycles. The van der Waals surface area contributed by atoms with Gasteiger partial charge in [0.15, 0.2) is 0 Å². The summed E-state index contributed by atoms with van der Waals surface area (Å²) in [5, 5.41) is 20.0. The number of anilines is 18. The lowest BCUT2D eigenvalue weighted by atomic mass is 9.99. The molecular formula is C136H94N6O3. The van der Waals surface area contributed by atoms with Crippen molar-refractivity contribution in [3.05, 3.63) is 531 Å². The van der Waals surface area contributed by atoms with Crippen LogP contribution in [0.2, 0.25) is 0 Å². The van der Waals surface area contributed by atoms with Crippen molar-refractivity contribution in [3.8, 4) is 11.1 Å². The molecule has 0 saturated heterocycles. The molecule has 0 aliphatic carbocycles. The number of fused-ring (bicyclic) bond motifs is 15. The van der Waals surface area contributed by atoms with Crippen molar-refractivity contribution in [3.63, 3.8) is 0 Å². The molecule has 3 heterocycles. The number of nitrogens with zero attached hydrogens (tertiary/aromatic N) is 6. The first-order valence-corrected chi connectivity index (χ1v) is 49.6. The highest BCUT2D eigenvalue weighted by Crippen LogP contribution is 2.50. The highest BCUT2D eigenvalue weighted by Gasteiger charge is 2.26. The van der Waals surface area contributed by atoms with Crippen LogP contribution in [-0.4, -0.2) is 0 Å². The van der Waals surface area contributed by atoms with E-state index in [1.165, 1.54) is 22.3 Å². The monoisotopic (exact) mass is 1860 g/mol. The summed E-state index contributed by atoms with van der Waals surface area (Å²) in [4.78, 5) is 14.1. The largest absolute Gasteiger partial charge is 0.456 e. The molecule has 0 spiro atoms. The molecule has 0 unspecified atom stereocenters. The summed E-state index contributed by atoms with van der Waals surface area (Å²) in [5.41, 5.74) is 32.7. The van der Waals surface area contributed by atoms with Gasteiger partial charge in [-0.25, -0.2) is 0 Å². The van der Waals surface area contributed by atoms with Crippen LogP contribution in [0.15, 0.2) is 517 Å². The van der Waals surface area contributed by atoms with Gasteiger partial charge in [0, 0.05) is 135 Å². The number of furan rings is 3. The van der Waals surface area contributed by atoms with Gasteiger partial charge in [-0.2, -0.15) is 0 Å². The Hall–Kier alpha value is -19.0. The van der Waals surface area contributed by atoms with E-state index in [0.29, 0.717) is 0 Å². The first-order chi connectivity index (χ1) is 71.5. The molecule has 27 aromatic rings. The minimum atomic E-state index is 0.740. The first-order valence-electron chi connectivity index (χ1n) is 49.6. The summed E-state index contributed by atoms with van der Waals surface area (Å²) in [6.07, 6.45) is 0.740. The van der Waals surface area contributed by atoms with Crippen molar-refractivity contribution in [2.75, 3.05) is 29.4 Å². The maximum Gasteiger partial charge on any atom is 0.136 e. The van der Waals surface area contributed by atoms with Gasteiger partial charge in [-0.05, 0) is 410 Å². The maximum atomic E-state index is 7.02. The van der Waals surface area contributed by atoms with Crippen molar-refractivity contribution < 1.29 is 13.3 Å². The van der Waals surface area contributed by atoms with E-state index in [4.69, 9.17) is 13.3 Å². The Morgan fingerprint density at radius 2 is 0.407 bits per heavy atom. The van der Waals surface area contributed by atoms with E-state index in [2.05, 4.69) is 554 Å². The Morgan fingerprint density at radius 1 is 0.152 bits per heavy atom. The molecule has 0 bridgehead atoms. The lowest BCUT2D eigenvalue weighted by Gasteiger charge is -2.28. The zero-order valence-electron chi connectivity index (χ0n) is 80.0. The topological polar surface area (TPSA) is 58.9 Å². The fraction of sp³-hybridized carbons (Fsp3) is 0.0294. The van der Waals surface area contributed by atoms with Crippen LogP contribution in [0.5, 0.6) is 0 Å². The number of hydrogen-bond donors (Lipinski definition) is 0. The van der Waals surface area contributed by atoms with E-state index in [0.717, 1.165) is 256 Å². The minimum absolute atomic E-state index is 0.740. The third kappa shape index (κ3) is 15.7. The standard InChI is InChI=1S/C136H94N6O3/c1-88-44-55-113(56-45-88)138(109-33-14-6-15-34-109)118-60-49-96-77-124-125-78-97-50-61-119(72-103(97)84-133(125)143-132(124)83-102(96)71-118)139(110-35-16-7-17-36-110)114-57-46-91(47-58-114)67-92-27-24-41-115(68-92)142(129-43-23-22-26-89(129)2)122-64-53-100-81-128-127-80-99-52-63-121(74-105(99)86-135(127)145-136(128)87-106(100)75-122)141(112-39-20-9-21-40-112)130-65-54-94(66-90(130)3)93-28-25-42-116(69-93)140(111-37-18-8-19-38-111)120-62-51-98-79-126-123-76-95-48-59-117(70-101(95)82-131(123)144-134(126)85-104(98)73-120)137(107-29-10-4-11-30-107)108-31-12-5-13-32-108/h4-66,68-87H,67H2,1-3H3. The average Bonchev–Trinajstić information content (AvgIpc) is 1.62. The third-order valence-corrected chi connectivity index (χ3v) is 29.0. The van der Waals surface area contributed by atoms with Crippen LogP contribution >= 0.6 is 0 Å². The fourth-order valence-corrected chi connectivity index (χ4v) is 21.9. The molecule has 0 fully saturated rings. The van der Waals surface area contributed by atoms with E-state index in [1.54, 1.807) is 0 Å². The van der Waals surface area contributed by atoms with Crippen LogP contribution in [0.1, 0.15) is 27.8 Å². The maximum absolute atomic E-state index is 7.02. The van der Waals surface area contributed by atoms with Crippen molar-refractivity contribution in [1.29, 1.82) is 0 Å². The summed E-state index contributed by atoms with van der Waals surface area (Å²) in [5.74, 6) is 0. The number of benzene rings is 24. The Morgan fingerprint density at radius 3 is 0.752 bits per heavy atom. The minimum Gasteiger partial charge on any atom is -0.456 e. The molecule has 9 nitrogen and oxygen atoms in total. The molecule has 0 radical (unpaired) electrons. The van der Waals surface area contributed by atoms with Gasteiger partial charge in [0.05, 0.1) is 0 Å². The molecule has 686 valence electrons. The van der Waals surface area contributed by atoms with Crippen LogP contribution in [0.3, 0.4) is 0 Å². The van der Waals surface area contributed by atoms with Crippen molar-refractivity contribution in [1.82, 2.24) is 0 Å². The number of aryl methyl sites for hydroxylation is 3. The van der Waals surface area contributed by atoms with Crippen molar-refractivity contribution >= 4 is 233 Å². The smallest absolute Gasteiger partial charge is 0.136 e. The summed E-state index contributed by atoms with van der Waals surface area (Å²) < 4.78 is 20.7. The highest BCUT2D eigenvalue weighted by atomic mass is 16.3. The van der Waals surface area contributed by atoms with Gasteiger partial charge in [0.25, 0.3) is 0 Å².